The summed E-state index contributed by atoms with van der Waals surface area (Å²) < 4.78 is 11.6. The number of rotatable bonds is 5. The third kappa shape index (κ3) is 3.50. The van der Waals surface area contributed by atoms with Gasteiger partial charge >= 0.3 is 0 Å². The molecule has 0 bridgehead atoms. The van der Waals surface area contributed by atoms with E-state index in [9.17, 15) is 5.11 Å². The molecule has 1 aromatic rings. The van der Waals surface area contributed by atoms with Crippen molar-refractivity contribution in [3.63, 3.8) is 0 Å². The van der Waals surface area contributed by atoms with Crippen LogP contribution in [0.5, 0.6) is 11.5 Å². The van der Waals surface area contributed by atoms with Crippen molar-refractivity contribution in [1.29, 1.82) is 0 Å². The SMILES string of the molecule is OCC1CCCC1CNCc1cccc2c1OCCCO2. The van der Waals surface area contributed by atoms with Crippen LogP contribution in [0.25, 0.3) is 0 Å². The third-order valence-electron chi connectivity index (χ3n) is 4.63. The highest BCUT2D eigenvalue weighted by atomic mass is 16.5. The maximum Gasteiger partial charge on any atom is 0.165 e. The summed E-state index contributed by atoms with van der Waals surface area (Å²) >= 11 is 0. The van der Waals surface area contributed by atoms with Crippen LogP contribution in [0, 0.1) is 11.8 Å². The minimum atomic E-state index is 0.323. The molecule has 1 aromatic carbocycles. The van der Waals surface area contributed by atoms with E-state index in [-0.39, 0.29) is 0 Å². The lowest BCUT2D eigenvalue weighted by Gasteiger charge is -2.19. The van der Waals surface area contributed by atoms with Gasteiger partial charge in [-0.25, -0.2) is 0 Å². The Morgan fingerprint density at radius 2 is 1.95 bits per heavy atom. The number of benzene rings is 1. The summed E-state index contributed by atoms with van der Waals surface area (Å²) in [6, 6.07) is 6.10. The van der Waals surface area contributed by atoms with Gasteiger partial charge in [-0.1, -0.05) is 18.6 Å². The van der Waals surface area contributed by atoms with Crippen LogP contribution in [-0.4, -0.2) is 31.5 Å². The first-order valence-electron chi connectivity index (χ1n) is 8.07. The van der Waals surface area contributed by atoms with Gasteiger partial charge < -0.3 is 19.9 Å². The molecule has 1 heterocycles. The van der Waals surface area contributed by atoms with Crippen LogP contribution in [0.1, 0.15) is 31.2 Å². The van der Waals surface area contributed by atoms with Crippen molar-refractivity contribution in [2.24, 2.45) is 11.8 Å². The van der Waals surface area contributed by atoms with Gasteiger partial charge in [0.2, 0.25) is 0 Å². The Morgan fingerprint density at radius 3 is 2.86 bits per heavy atom. The molecule has 0 aromatic heterocycles. The number of aliphatic hydroxyl groups is 1. The lowest BCUT2D eigenvalue weighted by molar-refractivity contribution is 0.192. The first kappa shape index (κ1) is 14.7. The van der Waals surface area contributed by atoms with Crippen LogP contribution in [0.2, 0.25) is 0 Å². The molecule has 2 aliphatic rings. The van der Waals surface area contributed by atoms with Crippen molar-refractivity contribution in [2.45, 2.75) is 32.2 Å². The van der Waals surface area contributed by atoms with Crippen molar-refractivity contribution in [2.75, 3.05) is 26.4 Å². The molecule has 0 radical (unpaired) electrons. The molecule has 4 heteroatoms. The van der Waals surface area contributed by atoms with E-state index < -0.39 is 0 Å². The zero-order valence-electron chi connectivity index (χ0n) is 12.5. The number of nitrogens with one attached hydrogen (secondary N) is 1. The van der Waals surface area contributed by atoms with Crippen molar-refractivity contribution in [3.8, 4) is 11.5 Å². The fourth-order valence-corrected chi connectivity index (χ4v) is 3.41. The van der Waals surface area contributed by atoms with Crippen molar-refractivity contribution in [1.82, 2.24) is 5.32 Å². The standard InChI is InChI=1S/C17H25NO3/c19-12-15-6-1-4-13(15)10-18-11-14-5-2-7-16-17(14)21-9-3-8-20-16/h2,5,7,13,15,18-19H,1,3-4,6,8-12H2. The summed E-state index contributed by atoms with van der Waals surface area (Å²) in [5.41, 5.74) is 1.16. The Bertz CT molecular complexity index is 463. The van der Waals surface area contributed by atoms with Gasteiger partial charge in [0.15, 0.2) is 11.5 Å². The van der Waals surface area contributed by atoms with Crippen LogP contribution < -0.4 is 14.8 Å². The molecular formula is C17H25NO3. The molecule has 21 heavy (non-hydrogen) atoms. The summed E-state index contributed by atoms with van der Waals surface area (Å²) in [5, 5.41) is 12.9. The van der Waals surface area contributed by atoms with Crippen LogP contribution in [0.15, 0.2) is 18.2 Å². The number of hydrogen-bond acceptors (Lipinski definition) is 4. The predicted molar refractivity (Wildman–Crippen MR) is 81.7 cm³/mol. The van der Waals surface area contributed by atoms with Gasteiger partial charge in [0.25, 0.3) is 0 Å². The molecule has 116 valence electrons. The molecule has 1 fully saturated rings. The summed E-state index contributed by atoms with van der Waals surface area (Å²) in [4.78, 5) is 0. The fraction of sp³-hybridized carbons (Fsp3) is 0.647. The number of hydrogen-bond donors (Lipinski definition) is 2. The van der Waals surface area contributed by atoms with Crippen LogP contribution >= 0.6 is 0 Å². The fourth-order valence-electron chi connectivity index (χ4n) is 3.41. The summed E-state index contributed by atoms with van der Waals surface area (Å²) in [6.45, 7) is 3.53. The Kier molecular flexibility index (Phi) is 4.99. The third-order valence-corrected chi connectivity index (χ3v) is 4.63. The highest BCUT2D eigenvalue weighted by Gasteiger charge is 2.26. The highest BCUT2D eigenvalue weighted by Crippen LogP contribution is 2.34. The largest absolute Gasteiger partial charge is 0.490 e. The predicted octanol–water partition coefficient (Wildman–Crippen LogP) is 2.35. The monoisotopic (exact) mass is 291 g/mol. The Hall–Kier alpha value is -1.26. The summed E-state index contributed by atoms with van der Waals surface area (Å²) in [5.74, 6) is 2.84. The number of aliphatic hydroxyl groups excluding tert-OH is 1. The minimum Gasteiger partial charge on any atom is -0.490 e. The summed E-state index contributed by atoms with van der Waals surface area (Å²) in [7, 11) is 0. The van der Waals surface area contributed by atoms with Gasteiger partial charge in [0.05, 0.1) is 13.2 Å². The molecule has 4 nitrogen and oxygen atoms in total. The maximum atomic E-state index is 9.38. The van der Waals surface area contributed by atoms with Crippen molar-refractivity contribution in [3.05, 3.63) is 23.8 Å². The summed E-state index contributed by atoms with van der Waals surface area (Å²) in [6.07, 6.45) is 4.57. The van der Waals surface area contributed by atoms with E-state index in [0.717, 1.165) is 49.8 Å². The molecule has 1 aliphatic heterocycles. The van der Waals surface area contributed by atoms with E-state index in [1.165, 1.54) is 19.3 Å². The molecule has 3 rings (SSSR count). The topological polar surface area (TPSA) is 50.7 Å². The molecule has 2 unspecified atom stereocenters. The van der Waals surface area contributed by atoms with E-state index in [2.05, 4.69) is 11.4 Å². The molecule has 2 atom stereocenters. The average molecular weight is 291 g/mol. The zero-order chi connectivity index (χ0) is 14.5. The van der Waals surface area contributed by atoms with E-state index in [0.29, 0.717) is 18.4 Å². The van der Waals surface area contributed by atoms with Gasteiger partial charge in [-0.15, -0.1) is 0 Å². The lowest BCUT2D eigenvalue weighted by Crippen LogP contribution is -2.26. The molecule has 0 amide bonds. The first-order valence-corrected chi connectivity index (χ1v) is 8.07. The second-order valence-corrected chi connectivity index (χ2v) is 6.06. The van der Waals surface area contributed by atoms with E-state index in [4.69, 9.17) is 9.47 Å². The zero-order valence-corrected chi connectivity index (χ0v) is 12.5. The highest BCUT2D eigenvalue weighted by molar-refractivity contribution is 5.47. The van der Waals surface area contributed by atoms with Crippen LogP contribution in [0.3, 0.4) is 0 Å². The lowest BCUT2D eigenvalue weighted by atomic mass is 9.97. The van der Waals surface area contributed by atoms with Crippen LogP contribution in [-0.2, 0) is 6.54 Å². The number of para-hydroxylation sites is 1. The molecule has 0 spiro atoms. The van der Waals surface area contributed by atoms with Gasteiger partial charge in [0, 0.05) is 25.1 Å². The second kappa shape index (κ2) is 7.14. The van der Waals surface area contributed by atoms with Gasteiger partial charge in [0.1, 0.15) is 0 Å². The Morgan fingerprint density at radius 1 is 1.10 bits per heavy atom. The van der Waals surface area contributed by atoms with Gasteiger partial charge in [-0.05, 0) is 37.3 Å². The maximum absolute atomic E-state index is 9.38. The van der Waals surface area contributed by atoms with Gasteiger partial charge in [-0.3, -0.25) is 0 Å². The van der Waals surface area contributed by atoms with Gasteiger partial charge in [-0.2, -0.15) is 0 Å². The molecule has 1 aliphatic carbocycles. The second-order valence-electron chi connectivity index (χ2n) is 6.06. The van der Waals surface area contributed by atoms with E-state index in [1.54, 1.807) is 0 Å². The average Bonchev–Trinajstić information content (AvgIpc) is 2.82. The van der Waals surface area contributed by atoms with Crippen LogP contribution in [0.4, 0.5) is 0 Å². The molecular weight excluding hydrogens is 266 g/mol. The number of ether oxygens (including phenoxy) is 2. The number of fused-ring (bicyclic) bond motifs is 1. The Labute approximate surface area is 126 Å². The quantitative estimate of drug-likeness (QED) is 0.874. The van der Waals surface area contributed by atoms with E-state index in [1.807, 2.05) is 12.1 Å². The normalized spacial score (nSPS) is 24.8. The first-order chi connectivity index (χ1) is 10.4. The Balaban J connectivity index is 1.58. The smallest absolute Gasteiger partial charge is 0.165 e. The molecule has 1 saturated carbocycles. The van der Waals surface area contributed by atoms with Crippen molar-refractivity contribution < 1.29 is 14.6 Å². The van der Waals surface area contributed by atoms with E-state index >= 15 is 0 Å². The minimum absolute atomic E-state index is 0.323. The van der Waals surface area contributed by atoms with Crippen molar-refractivity contribution >= 4 is 0 Å². The molecule has 0 saturated heterocycles. The molecule has 2 N–H and O–H groups in total.